The van der Waals surface area contributed by atoms with E-state index in [4.69, 9.17) is 0 Å². The number of carbonyl (C=O) groups is 1. The predicted octanol–water partition coefficient (Wildman–Crippen LogP) is 2.95. The third-order valence-electron chi connectivity index (χ3n) is 3.14. The first-order valence-corrected chi connectivity index (χ1v) is 6.87. The van der Waals surface area contributed by atoms with E-state index in [1.807, 2.05) is 4.90 Å². The molecule has 92 valence electrons. The lowest BCUT2D eigenvalue weighted by molar-refractivity contribution is 0.169. The molecule has 17 heavy (non-hydrogen) atoms. The molecule has 2 rings (SSSR count). The normalized spacial score (nSPS) is 18.6. The van der Waals surface area contributed by atoms with Crippen molar-refractivity contribution in [2.75, 3.05) is 13.1 Å². The Labute approximate surface area is 106 Å². The summed E-state index contributed by atoms with van der Waals surface area (Å²) < 4.78 is 0. The fraction of sp³-hybridized carbons (Fsp3) is 0.462. The number of hydrogen-bond acceptors (Lipinski definition) is 2. The maximum absolute atomic E-state index is 12.0. The number of nitrogens with one attached hydrogen (secondary N) is 1. The number of nitrogens with zero attached hydrogens (tertiary/aromatic N) is 1. The second kappa shape index (κ2) is 5.36. The molecular weight excluding hydrogens is 232 g/mol. The van der Waals surface area contributed by atoms with Gasteiger partial charge in [0.25, 0.3) is 0 Å². The molecule has 0 spiro atoms. The minimum absolute atomic E-state index is 0.0219. The Morgan fingerprint density at radius 1 is 1.76 bits per heavy atom. The van der Waals surface area contributed by atoms with Crippen molar-refractivity contribution < 1.29 is 4.79 Å². The smallest absolute Gasteiger partial charge is 0.318 e. The van der Waals surface area contributed by atoms with Crippen molar-refractivity contribution in [3.63, 3.8) is 0 Å². The average Bonchev–Trinajstić information content (AvgIpc) is 2.82. The number of urea groups is 1. The summed E-state index contributed by atoms with van der Waals surface area (Å²) >= 11 is 1.80. The Morgan fingerprint density at radius 2 is 2.59 bits per heavy atom. The SMILES string of the molecule is C=CCNC(=O)N1CCc2sccc2[C@@H]1CC. The van der Waals surface area contributed by atoms with Gasteiger partial charge in [-0.25, -0.2) is 4.79 Å². The lowest BCUT2D eigenvalue weighted by atomic mass is 9.98. The van der Waals surface area contributed by atoms with Crippen LogP contribution in [0.5, 0.6) is 0 Å². The lowest BCUT2D eigenvalue weighted by Crippen LogP contribution is -2.45. The van der Waals surface area contributed by atoms with Crippen LogP contribution in [0.2, 0.25) is 0 Å². The molecule has 0 fully saturated rings. The van der Waals surface area contributed by atoms with Gasteiger partial charge in [0, 0.05) is 18.0 Å². The summed E-state index contributed by atoms with van der Waals surface area (Å²) in [5, 5.41) is 4.99. The quantitative estimate of drug-likeness (QED) is 0.822. The highest BCUT2D eigenvalue weighted by atomic mass is 32.1. The third kappa shape index (κ3) is 2.36. The van der Waals surface area contributed by atoms with Gasteiger partial charge < -0.3 is 10.2 Å². The molecule has 0 saturated heterocycles. The minimum Gasteiger partial charge on any atom is -0.335 e. The first kappa shape index (κ1) is 12.2. The number of hydrogen-bond donors (Lipinski definition) is 1. The Bertz CT molecular complexity index is 413. The molecule has 1 atom stereocenters. The second-order valence-electron chi connectivity index (χ2n) is 4.14. The number of thiophene rings is 1. The lowest BCUT2D eigenvalue weighted by Gasteiger charge is -2.35. The topological polar surface area (TPSA) is 32.3 Å². The third-order valence-corrected chi connectivity index (χ3v) is 4.14. The standard InChI is InChI=1S/C13H18N2OS/c1-3-7-14-13(16)15-8-5-12-10(6-9-17-12)11(15)4-2/h3,6,9,11H,1,4-5,7-8H2,2H3,(H,14,16)/t11-/m0/s1. The Balaban J connectivity index is 2.14. The molecule has 0 saturated carbocycles. The zero-order chi connectivity index (χ0) is 12.3. The van der Waals surface area contributed by atoms with Crippen LogP contribution in [0.1, 0.15) is 29.8 Å². The van der Waals surface area contributed by atoms with Crippen LogP contribution >= 0.6 is 11.3 Å². The number of carbonyl (C=O) groups excluding carboxylic acids is 1. The molecule has 3 nitrogen and oxygen atoms in total. The second-order valence-corrected chi connectivity index (χ2v) is 5.14. The van der Waals surface area contributed by atoms with Crippen LogP contribution in [0.25, 0.3) is 0 Å². The van der Waals surface area contributed by atoms with Gasteiger partial charge in [-0.3, -0.25) is 0 Å². The van der Waals surface area contributed by atoms with E-state index in [0.717, 1.165) is 19.4 Å². The van der Waals surface area contributed by atoms with E-state index in [9.17, 15) is 4.79 Å². The van der Waals surface area contributed by atoms with Gasteiger partial charge in [0.2, 0.25) is 0 Å². The van der Waals surface area contributed by atoms with Gasteiger partial charge in [-0.1, -0.05) is 13.0 Å². The molecule has 0 bridgehead atoms. The summed E-state index contributed by atoms with van der Waals surface area (Å²) in [6.45, 7) is 7.09. The molecule has 0 radical (unpaired) electrons. The number of rotatable bonds is 3. The van der Waals surface area contributed by atoms with Crippen molar-refractivity contribution in [1.82, 2.24) is 10.2 Å². The highest BCUT2D eigenvalue weighted by Gasteiger charge is 2.29. The molecule has 1 aromatic heterocycles. The minimum atomic E-state index is 0.0219. The molecule has 0 aromatic carbocycles. The van der Waals surface area contributed by atoms with Gasteiger partial charge >= 0.3 is 6.03 Å². The van der Waals surface area contributed by atoms with Crippen LogP contribution in [-0.2, 0) is 6.42 Å². The van der Waals surface area contributed by atoms with E-state index in [0.29, 0.717) is 6.54 Å². The van der Waals surface area contributed by atoms with Crippen LogP contribution in [0, 0.1) is 0 Å². The van der Waals surface area contributed by atoms with Crippen LogP contribution in [0.15, 0.2) is 24.1 Å². The Hall–Kier alpha value is -1.29. The molecule has 2 amide bonds. The largest absolute Gasteiger partial charge is 0.335 e. The van der Waals surface area contributed by atoms with Crippen molar-refractivity contribution in [3.05, 3.63) is 34.5 Å². The molecule has 4 heteroatoms. The van der Waals surface area contributed by atoms with Gasteiger partial charge in [0.15, 0.2) is 0 Å². The van der Waals surface area contributed by atoms with Crippen molar-refractivity contribution in [1.29, 1.82) is 0 Å². The molecule has 1 aromatic rings. The Morgan fingerprint density at radius 3 is 3.29 bits per heavy atom. The summed E-state index contributed by atoms with van der Waals surface area (Å²) in [4.78, 5) is 15.4. The van der Waals surface area contributed by atoms with E-state index in [1.165, 1.54) is 10.4 Å². The van der Waals surface area contributed by atoms with Gasteiger partial charge in [0.05, 0.1) is 6.04 Å². The highest BCUT2D eigenvalue weighted by Crippen LogP contribution is 2.34. The fourth-order valence-electron chi connectivity index (χ4n) is 2.34. The maximum atomic E-state index is 12.0. The van der Waals surface area contributed by atoms with Gasteiger partial charge in [-0.2, -0.15) is 0 Å². The molecule has 0 unspecified atom stereocenters. The van der Waals surface area contributed by atoms with Crippen LogP contribution in [-0.4, -0.2) is 24.0 Å². The van der Waals surface area contributed by atoms with E-state index in [2.05, 4.69) is 30.3 Å². The summed E-state index contributed by atoms with van der Waals surface area (Å²) in [7, 11) is 0. The summed E-state index contributed by atoms with van der Waals surface area (Å²) in [5.74, 6) is 0. The van der Waals surface area contributed by atoms with Crippen molar-refractivity contribution in [2.24, 2.45) is 0 Å². The monoisotopic (exact) mass is 250 g/mol. The summed E-state index contributed by atoms with van der Waals surface area (Å²) in [6.07, 6.45) is 3.65. The van der Waals surface area contributed by atoms with Crippen molar-refractivity contribution in [3.8, 4) is 0 Å². The van der Waals surface area contributed by atoms with Gasteiger partial charge in [-0.15, -0.1) is 17.9 Å². The zero-order valence-electron chi connectivity index (χ0n) is 10.1. The van der Waals surface area contributed by atoms with Crippen molar-refractivity contribution >= 4 is 17.4 Å². The van der Waals surface area contributed by atoms with E-state index in [-0.39, 0.29) is 12.1 Å². The number of fused-ring (bicyclic) bond motifs is 1. The summed E-state index contributed by atoms with van der Waals surface area (Å²) in [5.41, 5.74) is 1.33. The van der Waals surface area contributed by atoms with E-state index >= 15 is 0 Å². The van der Waals surface area contributed by atoms with Gasteiger partial charge in [-0.05, 0) is 29.9 Å². The Kier molecular flexibility index (Phi) is 3.84. The van der Waals surface area contributed by atoms with E-state index < -0.39 is 0 Å². The molecular formula is C13H18N2OS. The average molecular weight is 250 g/mol. The molecule has 2 heterocycles. The van der Waals surface area contributed by atoms with E-state index in [1.54, 1.807) is 17.4 Å². The van der Waals surface area contributed by atoms with Crippen LogP contribution in [0.4, 0.5) is 4.79 Å². The van der Waals surface area contributed by atoms with Crippen LogP contribution in [0.3, 0.4) is 0 Å². The molecule has 1 N–H and O–H groups in total. The fourth-order valence-corrected chi connectivity index (χ4v) is 3.27. The summed E-state index contributed by atoms with van der Waals surface area (Å²) in [6, 6.07) is 2.41. The maximum Gasteiger partial charge on any atom is 0.318 e. The van der Waals surface area contributed by atoms with Crippen LogP contribution < -0.4 is 5.32 Å². The van der Waals surface area contributed by atoms with Crippen molar-refractivity contribution in [2.45, 2.75) is 25.8 Å². The predicted molar refractivity (Wildman–Crippen MR) is 71.4 cm³/mol. The zero-order valence-corrected chi connectivity index (χ0v) is 10.9. The first-order chi connectivity index (χ1) is 8.27. The van der Waals surface area contributed by atoms with Gasteiger partial charge in [0.1, 0.15) is 0 Å². The number of amides is 2. The molecule has 0 aliphatic carbocycles. The highest BCUT2D eigenvalue weighted by molar-refractivity contribution is 7.10. The molecule has 1 aliphatic rings. The first-order valence-electron chi connectivity index (χ1n) is 5.99. The molecule has 1 aliphatic heterocycles.